The zero-order valence-corrected chi connectivity index (χ0v) is 24.0. The summed E-state index contributed by atoms with van der Waals surface area (Å²) in [6, 6.07) is 19.8. The second-order valence-electron chi connectivity index (χ2n) is 8.59. The molecule has 3 rings (SSSR count). The predicted molar refractivity (Wildman–Crippen MR) is 153 cm³/mol. The van der Waals surface area contributed by atoms with E-state index < -0.39 is 28.5 Å². The summed E-state index contributed by atoms with van der Waals surface area (Å²) in [5, 5.41) is 3.41. The molecule has 7 nitrogen and oxygen atoms in total. The van der Waals surface area contributed by atoms with Crippen LogP contribution >= 0.6 is 34.8 Å². The van der Waals surface area contributed by atoms with Crippen LogP contribution in [-0.4, -0.2) is 50.5 Å². The van der Waals surface area contributed by atoms with Crippen LogP contribution in [-0.2, 0) is 32.6 Å². The van der Waals surface area contributed by atoms with E-state index in [0.717, 1.165) is 16.1 Å². The highest BCUT2D eigenvalue weighted by Crippen LogP contribution is 2.34. The first kappa shape index (κ1) is 29.8. The highest BCUT2D eigenvalue weighted by Gasteiger charge is 2.33. The molecule has 0 aromatic heterocycles. The van der Waals surface area contributed by atoms with Crippen molar-refractivity contribution in [3.05, 3.63) is 99.0 Å². The molecule has 0 saturated carbocycles. The fourth-order valence-electron chi connectivity index (χ4n) is 3.96. The Bertz CT molecular complexity index is 1390. The van der Waals surface area contributed by atoms with E-state index in [1.807, 2.05) is 30.3 Å². The molecule has 11 heteroatoms. The van der Waals surface area contributed by atoms with E-state index in [-0.39, 0.29) is 34.6 Å². The molecular formula is C27H28Cl3N3O4S. The molecule has 3 aromatic carbocycles. The summed E-state index contributed by atoms with van der Waals surface area (Å²) in [6.07, 6.45) is 1.19. The quantitative estimate of drug-likeness (QED) is 0.330. The molecule has 0 aliphatic rings. The van der Waals surface area contributed by atoms with Crippen LogP contribution in [0.4, 0.5) is 5.69 Å². The first-order chi connectivity index (χ1) is 18.0. The van der Waals surface area contributed by atoms with Crippen molar-refractivity contribution in [1.29, 1.82) is 0 Å². The van der Waals surface area contributed by atoms with Gasteiger partial charge < -0.3 is 10.2 Å². The Morgan fingerprint density at radius 1 is 0.921 bits per heavy atom. The minimum absolute atomic E-state index is 0.00153. The van der Waals surface area contributed by atoms with E-state index in [4.69, 9.17) is 34.8 Å². The molecule has 0 fully saturated rings. The lowest BCUT2D eigenvalue weighted by molar-refractivity contribution is -0.140. The zero-order chi connectivity index (χ0) is 27.9. The van der Waals surface area contributed by atoms with Gasteiger partial charge in [-0.2, -0.15) is 0 Å². The molecule has 38 heavy (non-hydrogen) atoms. The number of hydrogen-bond donors (Lipinski definition) is 1. The summed E-state index contributed by atoms with van der Waals surface area (Å²) in [4.78, 5) is 28.6. The second kappa shape index (κ2) is 13.3. The number of halogens is 3. The summed E-state index contributed by atoms with van der Waals surface area (Å²) >= 11 is 18.6. The highest BCUT2D eigenvalue weighted by molar-refractivity contribution is 7.92. The average Bonchev–Trinajstić information content (AvgIpc) is 2.86. The van der Waals surface area contributed by atoms with E-state index >= 15 is 0 Å². The maximum Gasteiger partial charge on any atom is 0.244 e. The van der Waals surface area contributed by atoms with E-state index in [9.17, 15) is 18.0 Å². The van der Waals surface area contributed by atoms with Gasteiger partial charge in [0.05, 0.1) is 22.0 Å². The number of sulfonamides is 1. The summed E-state index contributed by atoms with van der Waals surface area (Å²) in [6.45, 7) is 1.57. The van der Waals surface area contributed by atoms with Gasteiger partial charge >= 0.3 is 0 Å². The van der Waals surface area contributed by atoms with Crippen LogP contribution in [0.2, 0.25) is 15.1 Å². The Kier molecular flexibility index (Phi) is 10.4. The first-order valence-corrected chi connectivity index (χ1v) is 14.8. The lowest BCUT2D eigenvalue weighted by Crippen LogP contribution is -2.53. The van der Waals surface area contributed by atoms with Crippen molar-refractivity contribution in [2.24, 2.45) is 0 Å². The Morgan fingerprint density at radius 2 is 1.58 bits per heavy atom. The first-order valence-electron chi connectivity index (χ1n) is 11.8. The molecule has 3 aromatic rings. The van der Waals surface area contributed by atoms with E-state index in [1.54, 1.807) is 37.3 Å². The molecule has 0 bridgehead atoms. The maximum absolute atomic E-state index is 13.9. The number of amides is 2. The van der Waals surface area contributed by atoms with Crippen molar-refractivity contribution in [3.8, 4) is 0 Å². The van der Waals surface area contributed by atoms with Crippen LogP contribution in [0.15, 0.2) is 72.8 Å². The number of nitrogens with one attached hydrogen (secondary N) is 1. The molecule has 0 aliphatic heterocycles. The highest BCUT2D eigenvalue weighted by atomic mass is 35.5. The fraction of sp³-hybridized carbons (Fsp3) is 0.259. The summed E-state index contributed by atoms with van der Waals surface area (Å²) in [5.41, 5.74) is 1.58. The second-order valence-corrected chi connectivity index (χ2v) is 11.7. The predicted octanol–water partition coefficient (Wildman–Crippen LogP) is 5.19. The maximum atomic E-state index is 13.9. The van der Waals surface area contributed by atoms with Crippen LogP contribution in [0.3, 0.4) is 0 Å². The smallest absolute Gasteiger partial charge is 0.244 e. The number of carbonyl (C=O) groups excluding carboxylic acids is 2. The van der Waals surface area contributed by atoms with Crippen LogP contribution < -0.4 is 9.62 Å². The molecule has 1 unspecified atom stereocenters. The Balaban J connectivity index is 2.07. The number of likely N-dealkylation sites (N-methyl/N-ethyl adjacent to an activating group) is 1. The number of rotatable bonds is 11. The van der Waals surface area contributed by atoms with Gasteiger partial charge in [-0.25, -0.2) is 8.42 Å². The SMILES string of the molecule is CCNC(=O)C(Cc1ccccc1)N(Cc1cccc(Cl)c1)C(=O)CN(c1cccc(Cl)c1Cl)S(C)(=O)=O. The minimum Gasteiger partial charge on any atom is -0.355 e. The minimum atomic E-state index is -3.96. The number of nitrogens with zero attached hydrogens (tertiary/aromatic N) is 2. The van der Waals surface area contributed by atoms with Gasteiger partial charge in [0.1, 0.15) is 12.6 Å². The van der Waals surface area contributed by atoms with Crippen LogP contribution in [0.25, 0.3) is 0 Å². The third kappa shape index (κ3) is 7.86. The number of anilines is 1. The van der Waals surface area contributed by atoms with E-state index in [1.165, 1.54) is 17.0 Å². The van der Waals surface area contributed by atoms with Crippen molar-refractivity contribution >= 4 is 62.3 Å². The van der Waals surface area contributed by atoms with Gasteiger partial charge in [-0.3, -0.25) is 13.9 Å². The normalized spacial score (nSPS) is 12.0. The van der Waals surface area contributed by atoms with Crippen molar-refractivity contribution in [3.63, 3.8) is 0 Å². The third-order valence-electron chi connectivity index (χ3n) is 5.74. The lowest BCUT2D eigenvalue weighted by atomic mass is 10.0. The van der Waals surface area contributed by atoms with Crippen LogP contribution in [0, 0.1) is 0 Å². The molecular weight excluding hydrogens is 569 g/mol. The van der Waals surface area contributed by atoms with Crippen molar-refractivity contribution < 1.29 is 18.0 Å². The van der Waals surface area contributed by atoms with Gasteiger partial charge in [0, 0.05) is 24.5 Å². The van der Waals surface area contributed by atoms with Crippen molar-refractivity contribution in [1.82, 2.24) is 10.2 Å². The summed E-state index contributed by atoms with van der Waals surface area (Å²) in [7, 11) is -3.96. The molecule has 1 N–H and O–H groups in total. The van der Waals surface area contributed by atoms with Gasteiger partial charge in [0.15, 0.2) is 0 Å². The Labute approximate surface area is 238 Å². The molecule has 0 heterocycles. The molecule has 0 radical (unpaired) electrons. The average molecular weight is 597 g/mol. The van der Waals surface area contributed by atoms with Crippen LogP contribution in [0.1, 0.15) is 18.1 Å². The molecule has 202 valence electrons. The number of benzene rings is 3. The number of hydrogen-bond acceptors (Lipinski definition) is 4. The largest absolute Gasteiger partial charge is 0.355 e. The van der Waals surface area contributed by atoms with Crippen molar-refractivity contribution in [2.45, 2.75) is 25.9 Å². The number of carbonyl (C=O) groups is 2. The lowest BCUT2D eigenvalue weighted by Gasteiger charge is -2.33. The monoisotopic (exact) mass is 595 g/mol. The topological polar surface area (TPSA) is 86.8 Å². The standard InChI is InChI=1S/C27H28Cl3N3O4S/c1-3-31-27(35)24(16-19-9-5-4-6-10-19)32(17-20-11-7-12-21(28)15-20)25(34)18-33(38(2,36)37)23-14-8-13-22(29)26(23)30/h4-15,24H,3,16-18H2,1-2H3,(H,31,35). The summed E-state index contributed by atoms with van der Waals surface area (Å²) in [5.74, 6) is -0.961. The van der Waals surface area contributed by atoms with Crippen LogP contribution in [0.5, 0.6) is 0 Å². The fourth-order valence-corrected chi connectivity index (χ4v) is 5.47. The van der Waals surface area contributed by atoms with Gasteiger partial charge in [0.25, 0.3) is 0 Å². The van der Waals surface area contributed by atoms with E-state index in [0.29, 0.717) is 17.1 Å². The van der Waals surface area contributed by atoms with Gasteiger partial charge in [0.2, 0.25) is 21.8 Å². The summed E-state index contributed by atoms with van der Waals surface area (Å²) < 4.78 is 26.5. The molecule has 1 atom stereocenters. The third-order valence-corrected chi connectivity index (χ3v) is 7.91. The zero-order valence-electron chi connectivity index (χ0n) is 20.9. The van der Waals surface area contributed by atoms with Crippen molar-refractivity contribution in [2.75, 3.05) is 23.7 Å². The molecule has 0 saturated heterocycles. The van der Waals surface area contributed by atoms with Gasteiger partial charge in [-0.1, -0.05) is 83.3 Å². The molecule has 0 aliphatic carbocycles. The molecule has 2 amide bonds. The Morgan fingerprint density at radius 3 is 2.21 bits per heavy atom. The van der Waals surface area contributed by atoms with Gasteiger partial charge in [-0.05, 0) is 42.3 Å². The Hall–Kier alpha value is -2.78. The van der Waals surface area contributed by atoms with E-state index in [2.05, 4.69) is 5.32 Å². The van der Waals surface area contributed by atoms with Gasteiger partial charge in [-0.15, -0.1) is 0 Å². The molecule has 0 spiro atoms.